The summed E-state index contributed by atoms with van der Waals surface area (Å²) in [7, 11) is 1.68. The number of nitrogens with two attached hydrogens (primary N) is 1. The lowest BCUT2D eigenvalue weighted by atomic mass is 10.0. The summed E-state index contributed by atoms with van der Waals surface area (Å²) in [5.41, 5.74) is 8.68. The number of nitrogens with zero attached hydrogens (tertiary/aromatic N) is 2. The Morgan fingerprint density at radius 3 is 2.71 bits per heavy atom. The van der Waals surface area contributed by atoms with Crippen molar-refractivity contribution in [3.05, 3.63) is 35.5 Å². The van der Waals surface area contributed by atoms with Crippen LogP contribution < -0.4 is 25.8 Å². The van der Waals surface area contributed by atoms with Crippen LogP contribution in [0, 0.1) is 11.8 Å². The Morgan fingerprint density at radius 1 is 1.12 bits per heavy atom. The van der Waals surface area contributed by atoms with E-state index in [0.29, 0.717) is 18.4 Å². The SMILES string of the molecule is COc1ccc(C2(N)NC(C)=CC(=NCC3CCOCC3)N2)cc1OCC1CCN(C2CC2)C1. The molecule has 0 aromatic heterocycles. The summed E-state index contributed by atoms with van der Waals surface area (Å²) in [5, 5.41) is 6.80. The predicted octanol–water partition coefficient (Wildman–Crippen LogP) is 2.55. The van der Waals surface area contributed by atoms with Gasteiger partial charge < -0.3 is 24.8 Å². The summed E-state index contributed by atoms with van der Waals surface area (Å²) < 4.78 is 17.4. The van der Waals surface area contributed by atoms with Gasteiger partial charge in [0, 0.05) is 49.5 Å². The molecule has 34 heavy (non-hydrogen) atoms. The van der Waals surface area contributed by atoms with E-state index in [4.69, 9.17) is 24.9 Å². The van der Waals surface area contributed by atoms with Gasteiger partial charge in [0.15, 0.2) is 17.3 Å². The third-order valence-electron chi connectivity index (χ3n) is 7.41. The molecule has 0 radical (unpaired) electrons. The van der Waals surface area contributed by atoms with Crippen molar-refractivity contribution in [2.24, 2.45) is 22.6 Å². The van der Waals surface area contributed by atoms with E-state index in [-0.39, 0.29) is 0 Å². The second-order valence-electron chi connectivity index (χ2n) is 10.2. The zero-order valence-corrected chi connectivity index (χ0v) is 20.5. The number of hydrogen-bond acceptors (Lipinski definition) is 7. The zero-order chi connectivity index (χ0) is 23.5. The molecule has 0 bridgehead atoms. The molecule has 0 spiro atoms. The zero-order valence-electron chi connectivity index (χ0n) is 20.5. The molecule has 8 heteroatoms. The molecule has 1 saturated carbocycles. The van der Waals surface area contributed by atoms with Gasteiger partial charge in [0.05, 0.1) is 13.7 Å². The van der Waals surface area contributed by atoms with Gasteiger partial charge in [-0.3, -0.25) is 15.6 Å². The van der Waals surface area contributed by atoms with E-state index in [1.807, 2.05) is 31.2 Å². The molecule has 1 aromatic rings. The molecule has 186 valence electrons. The standard InChI is InChI=1S/C26H39N5O3/c1-18-13-25(28-15-19-8-11-33-12-9-19)30-26(27,29-18)21-3-6-23(32-2)24(14-21)34-17-20-7-10-31(16-20)22-4-5-22/h3,6,13-14,19-20,22,29H,4-5,7-12,15-17,27H2,1-2H3,(H,28,30). The summed E-state index contributed by atoms with van der Waals surface area (Å²) in [4.78, 5) is 7.46. The summed E-state index contributed by atoms with van der Waals surface area (Å²) in [5.74, 6) is 2.39. The van der Waals surface area contributed by atoms with Crippen LogP contribution in [0.1, 0.15) is 44.6 Å². The number of hydrogen-bond donors (Lipinski definition) is 3. The van der Waals surface area contributed by atoms with Crippen LogP contribution in [0.5, 0.6) is 11.5 Å². The van der Waals surface area contributed by atoms with Crippen molar-refractivity contribution in [3.63, 3.8) is 0 Å². The molecule has 3 heterocycles. The van der Waals surface area contributed by atoms with Gasteiger partial charge in [-0.2, -0.15) is 0 Å². The fourth-order valence-electron chi connectivity index (χ4n) is 5.22. The van der Waals surface area contributed by atoms with Crippen LogP contribution in [0.15, 0.2) is 35.0 Å². The number of likely N-dealkylation sites (tertiary alicyclic amines) is 1. The molecule has 3 aliphatic heterocycles. The van der Waals surface area contributed by atoms with Crippen LogP contribution in [-0.4, -0.2) is 63.3 Å². The average Bonchev–Trinajstić information content (AvgIpc) is 3.59. The first-order valence-electron chi connectivity index (χ1n) is 12.7. The third kappa shape index (κ3) is 5.50. The fraction of sp³-hybridized carbons (Fsp3) is 0.654. The van der Waals surface area contributed by atoms with Crippen LogP contribution in [0.2, 0.25) is 0 Å². The van der Waals surface area contributed by atoms with E-state index in [9.17, 15) is 0 Å². The van der Waals surface area contributed by atoms with Crippen molar-refractivity contribution in [1.29, 1.82) is 0 Å². The lowest BCUT2D eigenvalue weighted by Crippen LogP contribution is -2.64. The normalized spacial score (nSPS) is 29.4. The molecule has 2 atom stereocenters. The topological polar surface area (TPSA) is 93.4 Å². The van der Waals surface area contributed by atoms with E-state index >= 15 is 0 Å². The van der Waals surface area contributed by atoms with E-state index < -0.39 is 5.79 Å². The Hall–Kier alpha value is -2.29. The first-order valence-corrected chi connectivity index (χ1v) is 12.7. The van der Waals surface area contributed by atoms with Crippen molar-refractivity contribution in [2.45, 2.75) is 50.9 Å². The Labute approximate surface area is 202 Å². The van der Waals surface area contributed by atoms with Crippen molar-refractivity contribution in [2.75, 3.05) is 46.6 Å². The molecule has 2 unspecified atom stereocenters. The highest BCUT2D eigenvalue weighted by atomic mass is 16.5. The van der Waals surface area contributed by atoms with E-state index in [1.54, 1.807) is 7.11 Å². The van der Waals surface area contributed by atoms with Crippen molar-refractivity contribution >= 4 is 5.84 Å². The predicted molar refractivity (Wildman–Crippen MR) is 133 cm³/mol. The molecule has 0 amide bonds. The Kier molecular flexibility index (Phi) is 6.99. The number of nitrogens with one attached hydrogen (secondary N) is 2. The molecule has 2 saturated heterocycles. The minimum absolute atomic E-state index is 0.556. The first-order chi connectivity index (χ1) is 16.5. The number of allylic oxidation sites excluding steroid dienone is 1. The van der Waals surface area contributed by atoms with Gasteiger partial charge in [0.1, 0.15) is 5.84 Å². The number of aliphatic imine (C=N–C) groups is 1. The highest BCUT2D eigenvalue weighted by Crippen LogP contribution is 2.34. The molecule has 1 aromatic carbocycles. The second kappa shape index (κ2) is 10.1. The maximum absolute atomic E-state index is 6.84. The Balaban J connectivity index is 1.27. The van der Waals surface area contributed by atoms with E-state index in [1.165, 1.54) is 25.8 Å². The maximum Gasteiger partial charge on any atom is 0.190 e. The van der Waals surface area contributed by atoms with Gasteiger partial charge in [-0.15, -0.1) is 0 Å². The highest BCUT2D eigenvalue weighted by molar-refractivity contribution is 5.95. The molecule has 8 nitrogen and oxygen atoms in total. The number of benzene rings is 1. The maximum atomic E-state index is 6.84. The number of amidine groups is 1. The Bertz CT molecular complexity index is 925. The monoisotopic (exact) mass is 469 g/mol. The van der Waals surface area contributed by atoms with Crippen LogP contribution in [0.4, 0.5) is 0 Å². The summed E-state index contributed by atoms with van der Waals surface area (Å²) in [6.45, 7) is 7.46. The van der Waals surface area contributed by atoms with Crippen LogP contribution in [0.3, 0.4) is 0 Å². The van der Waals surface area contributed by atoms with Crippen LogP contribution >= 0.6 is 0 Å². The molecular formula is C26H39N5O3. The quantitative estimate of drug-likeness (QED) is 0.539. The smallest absolute Gasteiger partial charge is 0.190 e. The van der Waals surface area contributed by atoms with Gasteiger partial charge in [0.2, 0.25) is 0 Å². The summed E-state index contributed by atoms with van der Waals surface area (Å²) in [6, 6.07) is 6.72. The number of rotatable bonds is 8. The second-order valence-corrected chi connectivity index (χ2v) is 10.2. The average molecular weight is 470 g/mol. The fourth-order valence-corrected chi connectivity index (χ4v) is 5.22. The third-order valence-corrected chi connectivity index (χ3v) is 7.41. The van der Waals surface area contributed by atoms with Gasteiger partial charge in [-0.1, -0.05) is 0 Å². The first kappa shape index (κ1) is 23.5. The molecular weight excluding hydrogens is 430 g/mol. The van der Waals surface area contributed by atoms with Gasteiger partial charge in [-0.05, 0) is 75.8 Å². The van der Waals surface area contributed by atoms with Gasteiger partial charge in [-0.25, -0.2) is 0 Å². The lowest BCUT2D eigenvalue weighted by Gasteiger charge is -2.37. The highest BCUT2D eigenvalue weighted by Gasteiger charge is 2.35. The number of methoxy groups -OCH3 is 1. The minimum atomic E-state index is -0.978. The lowest BCUT2D eigenvalue weighted by molar-refractivity contribution is 0.0689. The van der Waals surface area contributed by atoms with E-state index in [0.717, 1.165) is 73.8 Å². The Morgan fingerprint density at radius 2 is 1.94 bits per heavy atom. The van der Waals surface area contributed by atoms with Crippen molar-refractivity contribution in [3.8, 4) is 11.5 Å². The summed E-state index contributed by atoms with van der Waals surface area (Å²) >= 11 is 0. The van der Waals surface area contributed by atoms with Crippen molar-refractivity contribution in [1.82, 2.24) is 15.5 Å². The number of ether oxygens (including phenoxy) is 3. The molecule has 5 rings (SSSR count). The van der Waals surface area contributed by atoms with Crippen molar-refractivity contribution < 1.29 is 14.2 Å². The van der Waals surface area contributed by atoms with Crippen LogP contribution in [0.25, 0.3) is 0 Å². The van der Waals surface area contributed by atoms with Gasteiger partial charge >= 0.3 is 0 Å². The van der Waals surface area contributed by atoms with E-state index in [2.05, 4.69) is 15.5 Å². The molecule has 4 aliphatic rings. The minimum Gasteiger partial charge on any atom is -0.493 e. The largest absolute Gasteiger partial charge is 0.493 e. The molecule has 1 aliphatic carbocycles. The van der Waals surface area contributed by atoms with Crippen LogP contribution in [-0.2, 0) is 10.5 Å². The van der Waals surface area contributed by atoms with Gasteiger partial charge in [0.25, 0.3) is 0 Å². The summed E-state index contributed by atoms with van der Waals surface area (Å²) in [6.07, 6.45) is 8.04. The molecule has 4 N–H and O–H groups in total. The molecule has 3 fully saturated rings.